The number of rotatable bonds is 6. The first kappa shape index (κ1) is 17.1. The molecule has 0 saturated heterocycles. The van der Waals surface area contributed by atoms with E-state index in [9.17, 15) is 9.59 Å². The van der Waals surface area contributed by atoms with Gasteiger partial charge in [0, 0.05) is 5.69 Å². The van der Waals surface area contributed by atoms with Gasteiger partial charge < -0.3 is 20.5 Å². The minimum atomic E-state index is -1.06. The molecule has 6 nitrogen and oxygen atoms in total. The molecule has 3 N–H and O–H groups in total. The van der Waals surface area contributed by atoms with Gasteiger partial charge in [-0.3, -0.25) is 0 Å². The summed E-state index contributed by atoms with van der Waals surface area (Å²) < 4.78 is 5.01. The maximum atomic E-state index is 11.8. The zero-order chi connectivity index (χ0) is 16.0. The summed E-state index contributed by atoms with van der Waals surface area (Å²) in [6.45, 7) is 3.78. The van der Waals surface area contributed by atoms with E-state index in [0.29, 0.717) is 22.9 Å². The summed E-state index contributed by atoms with van der Waals surface area (Å²) in [6.07, 6.45) is 0.353. The van der Waals surface area contributed by atoms with Gasteiger partial charge in [-0.1, -0.05) is 25.4 Å². The molecule has 0 fully saturated rings. The van der Waals surface area contributed by atoms with Crippen LogP contribution >= 0.6 is 11.6 Å². The van der Waals surface area contributed by atoms with Crippen LogP contribution in [-0.2, 0) is 4.79 Å². The number of carboxylic acids is 1. The molecule has 1 aromatic carbocycles. The Hall–Kier alpha value is -1.95. The predicted molar refractivity (Wildman–Crippen MR) is 81.0 cm³/mol. The highest BCUT2D eigenvalue weighted by molar-refractivity contribution is 6.32. The first-order valence-electron chi connectivity index (χ1n) is 6.47. The Morgan fingerprint density at radius 1 is 1.38 bits per heavy atom. The van der Waals surface area contributed by atoms with Crippen molar-refractivity contribution in [2.45, 2.75) is 26.3 Å². The molecule has 0 aliphatic rings. The van der Waals surface area contributed by atoms with Gasteiger partial charge in [-0.05, 0) is 30.5 Å². The van der Waals surface area contributed by atoms with Crippen LogP contribution in [0.1, 0.15) is 20.3 Å². The van der Waals surface area contributed by atoms with Crippen LogP contribution in [0.3, 0.4) is 0 Å². The van der Waals surface area contributed by atoms with Crippen molar-refractivity contribution in [1.82, 2.24) is 5.32 Å². The van der Waals surface area contributed by atoms with Gasteiger partial charge in [-0.2, -0.15) is 0 Å². The van der Waals surface area contributed by atoms with Crippen LogP contribution in [0, 0.1) is 5.92 Å². The molecule has 0 bridgehead atoms. The fourth-order valence-electron chi connectivity index (χ4n) is 1.76. The van der Waals surface area contributed by atoms with Crippen molar-refractivity contribution >= 4 is 29.3 Å². The first-order chi connectivity index (χ1) is 9.83. The van der Waals surface area contributed by atoms with Crippen LogP contribution in [0.5, 0.6) is 5.75 Å². The van der Waals surface area contributed by atoms with E-state index in [-0.39, 0.29) is 5.92 Å². The maximum absolute atomic E-state index is 11.8. The molecule has 116 valence electrons. The summed E-state index contributed by atoms with van der Waals surface area (Å²) in [5, 5.41) is 14.4. The third-order valence-electron chi connectivity index (χ3n) is 2.72. The van der Waals surface area contributed by atoms with Crippen LogP contribution in [-0.4, -0.2) is 30.3 Å². The Morgan fingerprint density at radius 2 is 2.05 bits per heavy atom. The van der Waals surface area contributed by atoms with E-state index < -0.39 is 18.0 Å². The lowest BCUT2D eigenvalue weighted by Gasteiger charge is -2.17. The second-order valence-corrected chi connectivity index (χ2v) is 5.38. The summed E-state index contributed by atoms with van der Waals surface area (Å²) in [6, 6.07) is 3.23. The summed E-state index contributed by atoms with van der Waals surface area (Å²) in [4.78, 5) is 22.9. The van der Waals surface area contributed by atoms with E-state index >= 15 is 0 Å². The van der Waals surface area contributed by atoms with E-state index in [4.69, 9.17) is 21.4 Å². The summed E-state index contributed by atoms with van der Waals surface area (Å²) >= 11 is 5.95. The number of hydrogen-bond donors (Lipinski definition) is 3. The highest BCUT2D eigenvalue weighted by Crippen LogP contribution is 2.27. The standard InChI is InChI=1S/C14H19ClN2O4/c1-8(2)6-11(13(18)19)17-14(20)16-9-4-5-12(21-3)10(15)7-9/h4-5,7-8,11H,6H2,1-3H3,(H,18,19)(H2,16,17,20)/t11-/m0/s1. The third kappa shape index (κ3) is 5.51. The van der Waals surface area contributed by atoms with Crippen molar-refractivity contribution in [3.05, 3.63) is 23.2 Å². The Labute approximate surface area is 128 Å². The molecular weight excluding hydrogens is 296 g/mol. The van der Waals surface area contributed by atoms with E-state index in [1.807, 2.05) is 13.8 Å². The van der Waals surface area contributed by atoms with Gasteiger partial charge >= 0.3 is 12.0 Å². The van der Waals surface area contributed by atoms with Crippen LogP contribution < -0.4 is 15.4 Å². The van der Waals surface area contributed by atoms with Crippen LogP contribution in [0.4, 0.5) is 10.5 Å². The molecule has 1 aromatic rings. The SMILES string of the molecule is COc1ccc(NC(=O)N[C@@H](CC(C)C)C(=O)O)cc1Cl. The topological polar surface area (TPSA) is 87.7 Å². The average Bonchev–Trinajstić information content (AvgIpc) is 2.37. The lowest BCUT2D eigenvalue weighted by atomic mass is 10.0. The molecule has 1 atom stereocenters. The Bertz CT molecular complexity index is 520. The van der Waals surface area contributed by atoms with Gasteiger partial charge in [0.1, 0.15) is 11.8 Å². The van der Waals surface area contributed by atoms with Crippen LogP contribution in [0.25, 0.3) is 0 Å². The Balaban J connectivity index is 2.67. The molecule has 0 aliphatic carbocycles. The number of nitrogens with one attached hydrogen (secondary N) is 2. The number of aliphatic carboxylic acids is 1. The molecule has 0 spiro atoms. The Morgan fingerprint density at radius 3 is 2.52 bits per heavy atom. The number of hydrogen-bond acceptors (Lipinski definition) is 3. The summed E-state index contributed by atoms with van der Waals surface area (Å²) in [5.74, 6) is -0.417. The monoisotopic (exact) mass is 314 g/mol. The van der Waals surface area contributed by atoms with Gasteiger partial charge in [0.2, 0.25) is 0 Å². The summed E-state index contributed by atoms with van der Waals surface area (Å²) in [5.41, 5.74) is 0.451. The van der Waals surface area contributed by atoms with Gasteiger partial charge in [-0.15, -0.1) is 0 Å². The van der Waals surface area contributed by atoms with E-state index in [0.717, 1.165) is 0 Å². The minimum Gasteiger partial charge on any atom is -0.495 e. The molecule has 0 aliphatic heterocycles. The average molecular weight is 315 g/mol. The molecule has 0 saturated carbocycles. The maximum Gasteiger partial charge on any atom is 0.326 e. The zero-order valence-electron chi connectivity index (χ0n) is 12.1. The van der Waals surface area contributed by atoms with Gasteiger partial charge in [0.15, 0.2) is 0 Å². The Kier molecular flexibility index (Phi) is 6.30. The second kappa shape index (κ2) is 7.73. The molecular formula is C14H19ClN2O4. The normalized spacial score (nSPS) is 11.9. The van der Waals surface area contributed by atoms with Crippen molar-refractivity contribution < 1.29 is 19.4 Å². The van der Waals surface area contributed by atoms with Gasteiger partial charge in [-0.25, -0.2) is 9.59 Å². The molecule has 7 heteroatoms. The second-order valence-electron chi connectivity index (χ2n) is 4.97. The number of carbonyl (C=O) groups is 2. The molecule has 1 rings (SSSR count). The van der Waals surface area contributed by atoms with E-state index in [2.05, 4.69) is 10.6 Å². The summed E-state index contributed by atoms with van der Waals surface area (Å²) in [7, 11) is 1.49. The number of anilines is 1. The number of benzene rings is 1. The number of methoxy groups -OCH3 is 1. The molecule has 0 unspecified atom stereocenters. The van der Waals surface area contributed by atoms with Gasteiger partial charge in [0.05, 0.1) is 12.1 Å². The number of urea groups is 1. The minimum absolute atomic E-state index is 0.154. The predicted octanol–water partition coefficient (Wildman–Crippen LogP) is 2.97. The molecule has 0 aromatic heterocycles. The number of carboxylic acid groups (broad SMARTS) is 1. The van der Waals surface area contributed by atoms with Crippen molar-refractivity contribution in [2.75, 3.05) is 12.4 Å². The third-order valence-corrected chi connectivity index (χ3v) is 3.02. The zero-order valence-corrected chi connectivity index (χ0v) is 12.9. The molecule has 0 heterocycles. The van der Waals surface area contributed by atoms with Crippen molar-refractivity contribution in [2.24, 2.45) is 5.92 Å². The lowest BCUT2D eigenvalue weighted by Crippen LogP contribution is -2.43. The number of halogens is 1. The number of carbonyl (C=O) groups excluding carboxylic acids is 1. The quantitative estimate of drug-likeness (QED) is 0.753. The fourth-order valence-corrected chi connectivity index (χ4v) is 2.02. The van der Waals surface area contributed by atoms with E-state index in [1.54, 1.807) is 12.1 Å². The largest absolute Gasteiger partial charge is 0.495 e. The highest BCUT2D eigenvalue weighted by atomic mass is 35.5. The van der Waals surface area contributed by atoms with Crippen LogP contribution in [0.2, 0.25) is 5.02 Å². The number of ether oxygens (including phenoxy) is 1. The first-order valence-corrected chi connectivity index (χ1v) is 6.85. The molecule has 21 heavy (non-hydrogen) atoms. The number of amides is 2. The van der Waals surface area contributed by atoms with Gasteiger partial charge in [0.25, 0.3) is 0 Å². The highest BCUT2D eigenvalue weighted by Gasteiger charge is 2.21. The van der Waals surface area contributed by atoms with E-state index in [1.165, 1.54) is 13.2 Å². The van der Waals surface area contributed by atoms with Crippen molar-refractivity contribution in [3.8, 4) is 5.75 Å². The molecule has 0 radical (unpaired) electrons. The lowest BCUT2D eigenvalue weighted by molar-refractivity contribution is -0.139. The van der Waals surface area contributed by atoms with Crippen molar-refractivity contribution in [3.63, 3.8) is 0 Å². The van der Waals surface area contributed by atoms with Crippen molar-refractivity contribution in [1.29, 1.82) is 0 Å². The smallest absolute Gasteiger partial charge is 0.326 e. The van der Waals surface area contributed by atoms with Crippen LogP contribution in [0.15, 0.2) is 18.2 Å². The fraction of sp³-hybridized carbons (Fsp3) is 0.429. The molecule has 2 amide bonds.